The van der Waals surface area contributed by atoms with Crippen LogP contribution in [0.25, 0.3) is 0 Å². The van der Waals surface area contributed by atoms with Crippen LogP contribution in [0.4, 0.5) is 4.79 Å². The summed E-state index contributed by atoms with van der Waals surface area (Å²) in [6, 6.07) is 5.75. The number of aliphatic hydroxyl groups excluding tert-OH is 1. The van der Waals surface area contributed by atoms with Gasteiger partial charge in [-0.25, -0.2) is 4.79 Å². The Labute approximate surface area is 114 Å². The highest BCUT2D eigenvalue weighted by atomic mass is 16.5. The van der Waals surface area contributed by atoms with Gasteiger partial charge in [-0.15, -0.1) is 0 Å². The summed E-state index contributed by atoms with van der Waals surface area (Å²) in [6.07, 6.45) is 0.562. The quantitative estimate of drug-likeness (QED) is 0.653. The van der Waals surface area contributed by atoms with Crippen LogP contribution in [0.15, 0.2) is 18.2 Å². The zero-order chi connectivity index (χ0) is 14.1. The fourth-order valence-corrected chi connectivity index (χ4v) is 1.69. The van der Waals surface area contributed by atoms with Gasteiger partial charge < -0.3 is 20.5 Å². The number of aryl methyl sites for hydroxylation is 2. The van der Waals surface area contributed by atoms with Crippen molar-refractivity contribution in [3.8, 4) is 5.75 Å². The van der Waals surface area contributed by atoms with Crippen LogP contribution in [0, 0.1) is 13.8 Å². The topological polar surface area (TPSA) is 70.6 Å². The molecule has 0 atom stereocenters. The molecule has 0 fully saturated rings. The van der Waals surface area contributed by atoms with Gasteiger partial charge in [-0.3, -0.25) is 0 Å². The normalized spacial score (nSPS) is 10.1. The fraction of sp³-hybridized carbons (Fsp3) is 0.500. The van der Waals surface area contributed by atoms with E-state index in [-0.39, 0.29) is 12.6 Å². The summed E-state index contributed by atoms with van der Waals surface area (Å²) in [5.74, 6) is 0.880. The number of amides is 2. The number of hydrogen-bond donors (Lipinski definition) is 3. The van der Waals surface area contributed by atoms with E-state index in [2.05, 4.69) is 10.6 Å². The third kappa shape index (κ3) is 5.61. The zero-order valence-corrected chi connectivity index (χ0v) is 11.5. The second kappa shape index (κ2) is 8.37. The molecule has 106 valence electrons. The van der Waals surface area contributed by atoms with Crippen LogP contribution in [0.1, 0.15) is 17.5 Å². The second-order valence-corrected chi connectivity index (χ2v) is 4.33. The predicted octanol–water partition coefficient (Wildman–Crippen LogP) is 1.36. The largest absolute Gasteiger partial charge is 0.491 e. The SMILES string of the molecule is Cc1cccc(C)c1OCCNC(=O)NCCCO. The molecule has 0 radical (unpaired) electrons. The number of carbonyl (C=O) groups excluding carboxylic acids is 1. The van der Waals surface area contributed by atoms with Crippen molar-refractivity contribution in [2.45, 2.75) is 20.3 Å². The molecule has 1 aromatic carbocycles. The predicted molar refractivity (Wildman–Crippen MR) is 74.5 cm³/mol. The van der Waals surface area contributed by atoms with Crippen LogP contribution in [0.3, 0.4) is 0 Å². The number of carbonyl (C=O) groups is 1. The van der Waals surface area contributed by atoms with Crippen LogP contribution in [-0.2, 0) is 0 Å². The number of nitrogens with one attached hydrogen (secondary N) is 2. The van der Waals surface area contributed by atoms with Crippen molar-refractivity contribution in [1.29, 1.82) is 0 Å². The number of aliphatic hydroxyl groups is 1. The van der Waals surface area contributed by atoms with Crippen molar-refractivity contribution in [3.05, 3.63) is 29.3 Å². The van der Waals surface area contributed by atoms with E-state index >= 15 is 0 Å². The van der Waals surface area contributed by atoms with E-state index in [0.717, 1.165) is 16.9 Å². The average molecular weight is 266 g/mol. The summed E-state index contributed by atoms with van der Waals surface area (Å²) in [4.78, 5) is 11.3. The molecule has 0 saturated carbocycles. The lowest BCUT2D eigenvalue weighted by Gasteiger charge is -2.12. The van der Waals surface area contributed by atoms with Gasteiger partial charge in [0.25, 0.3) is 0 Å². The maximum absolute atomic E-state index is 11.3. The standard InChI is InChI=1S/C14H22N2O3/c1-11-5-3-6-12(2)13(11)19-10-8-16-14(18)15-7-4-9-17/h3,5-6,17H,4,7-10H2,1-2H3,(H2,15,16,18). The Morgan fingerprint density at radius 1 is 1.21 bits per heavy atom. The molecule has 0 saturated heterocycles. The Balaban J connectivity index is 2.22. The zero-order valence-electron chi connectivity index (χ0n) is 11.5. The Bertz CT molecular complexity index is 387. The van der Waals surface area contributed by atoms with Gasteiger partial charge in [0.1, 0.15) is 12.4 Å². The summed E-state index contributed by atoms with van der Waals surface area (Å²) in [6.45, 7) is 5.42. The second-order valence-electron chi connectivity index (χ2n) is 4.33. The number of benzene rings is 1. The highest BCUT2D eigenvalue weighted by Crippen LogP contribution is 2.21. The molecule has 0 heterocycles. The first-order valence-corrected chi connectivity index (χ1v) is 6.46. The number of ether oxygens (including phenoxy) is 1. The average Bonchev–Trinajstić information content (AvgIpc) is 2.37. The van der Waals surface area contributed by atoms with E-state index < -0.39 is 0 Å². The summed E-state index contributed by atoms with van der Waals surface area (Å²) in [7, 11) is 0. The van der Waals surface area contributed by atoms with Crippen molar-refractivity contribution in [3.63, 3.8) is 0 Å². The Morgan fingerprint density at radius 3 is 2.47 bits per heavy atom. The number of urea groups is 1. The molecule has 5 heteroatoms. The van der Waals surface area contributed by atoms with E-state index in [1.807, 2.05) is 32.0 Å². The molecule has 19 heavy (non-hydrogen) atoms. The molecular weight excluding hydrogens is 244 g/mol. The lowest BCUT2D eigenvalue weighted by Crippen LogP contribution is -2.38. The van der Waals surface area contributed by atoms with Crippen molar-refractivity contribution in [2.75, 3.05) is 26.3 Å². The van der Waals surface area contributed by atoms with Gasteiger partial charge >= 0.3 is 6.03 Å². The summed E-state index contributed by atoms with van der Waals surface area (Å²) < 4.78 is 5.66. The Kier molecular flexibility index (Phi) is 6.74. The molecule has 0 spiro atoms. The van der Waals surface area contributed by atoms with Crippen molar-refractivity contribution in [2.24, 2.45) is 0 Å². The van der Waals surface area contributed by atoms with E-state index in [1.54, 1.807) is 0 Å². The molecule has 2 amide bonds. The third-order valence-corrected chi connectivity index (χ3v) is 2.66. The minimum absolute atomic E-state index is 0.0793. The van der Waals surface area contributed by atoms with Gasteiger partial charge in [0, 0.05) is 13.2 Å². The monoisotopic (exact) mass is 266 g/mol. The Hall–Kier alpha value is -1.75. The molecule has 0 unspecified atom stereocenters. The molecule has 1 rings (SSSR count). The Morgan fingerprint density at radius 2 is 1.84 bits per heavy atom. The molecule has 3 N–H and O–H groups in total. The smallest absolute Gasteiger partial charge is 0.314 e. The first kappa shape index (κ1) is 15.3. The minimum atomic E-state index is -0.237. The van der Waals surface area contributed by atoms with E-state index in [0.29, 0.717) is 26.1 Å². The highest BCUT2D eigenvalue weighted by Gasteiger charge is 2.03. The molecule has 0 aliphatic heterocycles. The van der Waals surface area contributed by atoms with Gasteiger partial charge in [-0.05, 0) is 31.4 Å². The van der Waals surface area contributed by atoms with Crippen molar-refractivity contribution >= 4 is 6.03 Å². The molecule has 0 aliphatic rings. The lowest BCUT2D eigenvalue weighted by molar-refractivity contribution is 0.234. The maximum atomic E-state index is 11.3. The molecular formula is C14H22N2O3. The van der Waals surface area contributed by atoms with E-state index in [1.165, 1.54) is 0 Å². The maximum Gasteiger partial charge on any atom is 0.314 e. The van der Waals surface area contributed by atoms with Crippen LogP contribution >= 0.6 is 0 Å². The van der Waals surface area contributed by atoms with E-state index in [4.69, 9.17) is 9.84 Å². The van der Waals surface area contributed by atoms with Gasteiger partial charge in [0.15, 0.2) is 0 Å². The molecule has 5 nitrogen and oxygen atoms in total. The van der Waals surface area contributed by atoms with Gasteiger partial charge in [-0.2, -0.15) is 0 Å². The van der Waals surface area contributed by atoms with Crippen LogP contribution in [-0.4, -0.2) is 37.4 Å². The van der Waals surface area contributed by atoms with Crippen LogP contribution in [0.2, 0.25) is 0 Å². The van der Waals surface area contributed by atoms with E-state index in [9.17, 15) is 4.79 Å². The minimum Gasteiger partial charge on any atom is -0.491 e. The summed E-state index contributed by atoms with van der Waals surface area (Å²) in [5, 5.41) is 13.9. The van der Waals surface area contributed by atoms with Crippen molar-refractivity contribution in [1.82, 2.24) is 10.6 Å². The highest BCUT2D eigenvalue weighted by molar-refractivity contribution is 5.73. The fourth-order valence-electron chi connectivity index (χ4n) is 1.69. The van der Waals surface area contributed by atoms with Gasteiger partial charge in [0.05, 0.1) is 6.54 Å². The molecule has 0 bridgehead atoms. The number of hydrogen-bond acceptors (Lipinski definition) is 3. The number of rotatable bonds is 7. The number of para-hydroxylation sites is 1. The van der Waals surface area contributed by atoms with Crippen molar-refractivity contribution < 1.29 is 14.6 Å². The first-order valence-electron chi connectivity index (χ1n) is 6.46. The van der Waals surface area contributed by atoms with Gasteiger partial charge in [0.2, 0.25) is 0 Å². The van der Waals surface area contributed by atoms with Crippen LogP contribution in [0.5, 0.6) is 5.75 Å². The van der Waals surface area contributed by atoms with Crippen LogP contribution < -0.4 is 15.4 Å². The first-order chi connectivity index (χ1) is 9.15. The molecule has 0 aromatic heterocycles. The summed E-state index contributed by atoms with van der Waals surface area (Å²) >= 11 is 0. The summed E-state index contributed by atoms with van der Waals surface area (Å²) in [5.41, 5.74) is 2.18. The molecule has 1 aromatic rings. The van der Waals surface area contributed by atoms with Gasteiger partial charge in [-0.1, -0.05) is 18.2 Å². The molecule has 0 aliphatic carbocycles. The third-order valence-electron chi connectivity index (χ3n) is 2.66. The lowest BCUT2D eigenvalue weighted by atomic mass is 10.1.